The Morgan fingerprint density at radius 2 is 2.36 bits per heavy atom. The van der Waals surface area contributed by atoms with E-state index in [2.05, 4.69) is 31.0 Å². The smallest absolute Gasteiger partial charge is 0.216 e. The number of rotatable bonds is 4. The molecule has 0 aliphatic carbocycles. The summed E-state index contributed by atoms with van der Waals surface area (Å²) in [7, 11) is 0. The summed E-state index contributed by atoms with van der Waals surface area (Å²) in [6, 6.07) is 8.19. The van der Waals surface area contributed by atoms with Crippen molar-refractivity contribution in [2.75, 3.05) is 5.32 Å². The summed E-state index contributed by atoms with van der Waals surface area (Å²) in [6.07, 6.45) is 4.60. The molecule has 0 unspecified atom stereocenters. The highest BCUT2D eigenvalue weighted by Crippen LogP contribution is 2.18. The molecule has 0 saturated carbocycles. The second kappa shape index (κ2) is 5.84. The van der Waals surface area contributed by atoms with Gasteiger partial charge in [-0.2, -0.15) is 15.6 Å². The number of aromatic nitrogens is 6. The molecule has 108 valence electrons. The number of allylic oxidation sites excluding steroid dienone is 1. The average Bonchev–Trinajstić information content (AvgIpc) is 3.21. The third-order valence-corrected chi connectivity index (χ3v) is 2.79. The van der Waals surface area contributed by atoms with Gasteiger partial charge in [0.1, 0.15) is 17.3 Å². The molecule has 22 heavy (non-hydrogen) atoms. The molecule has 2 aromatic heterocycles. The van der Waals surface area contributed by atoms with Crippen molar-refractivity contribution < 1.29 is 4.39 Å². The summed E-state index contributed by atoms with van der Waals surface area (Å²) in [4.78, 5) is 0. The molecule has 0 aliphatic rings. The van der Waals surface area contributed by atoms with Crippen molar-refractivity contribution in [1.82, 2.24) is 30.4 Å². The second-order valence-electron chi connectivity index (χ2n) is 4.17. The largest absolute Gasteiger partial charge is 0.360 e. The van der Waals surface area contributed by atoms with Crippen molar-refractivity contribution in [2.45, 2.75) is 0 Å². The number of hydrogen-bond donors (Lipinski definition) is 2. The lowest BCUT2D eigenvalue weighted by Gasteiger charge is -2.06. The van der Waals surface area contributed by atoms with E-state index in [1.54, 1.807) is 30.6 Å². The normalized spacial score (nSPS) is 11.2. The number of nitriles is 1. The van der Waals surface area contributed by atoms with Crippen LogP contribution in [0.25, 0.3) is 11.3 Å². The minimum Gasteiger partial charge on any atom is -0.360 e. The summed E-state index contributed by atoms with van der Waals surface area (Å²) < 4.78 is 15.5. The van der Waals surface area contributed by atoms with E-state index < -0.39 is 5.82 Å². The van der Waals surface area contributed by atoms with E-state index in [-0.39, 0.29) is 11.4 Å². The van der Waals surface area contributed by atoms with E-state index in [4.69, 9.17) is 5.26 Å². The predicted molar refractivity (Wildman–Crippen MR) is 74.9 cm³/mol. The van der Waals surface area contributed by atoms with Crippen LogP contribution in [0.5, 0.6) is 0 Å². The molecule has 2 N–H and O–H groups in total. The third kappa shape index (κ3) is 2.66. The lowest BCUT2D eigenvalue weighted by Crippen LogP contribution is -1.99. The first-order chi connectivity index (χ1) is 10.8. The molecule has 8 nitrogen and oxygen atoms in total. The topological polar surface area (TPSA) is 108 Å². The minimum absolute atomic E-state index is 0.156. The monoisotopic (exact) mass is 296 g/mol. The Balaban J connectivity index is 1.82. The first kappa shape index (κ1) is 13.4. The van der Waals surface area contributed by atoms with Gasteiger partial charge in [0.15, 0.2) is 5.82 Å². The highest BCUT2D eigenvalue weighted by atomic mass is 19.1. The molecule has 3 rings (SSSR count). The van der Waals surface area contributed by atoms with Crippen LogP contribution in [0.1, 0.15) is 5.82 Å². The fourth-order valence-electron chi connectivity index (χ4n) is 1.77. The zero-order valence-electron chi connectivity index (χ0n) is 11.1. The summed E-state index contributed by atoms with van der Waals surface area (Å²) in [5.41, 5.74) is 0.980. The van der Waals surface area contributed by atoms with Crippen LogP contribution in [0, 0.1) is 17.1 Å². The average molecular weight is 296 g/mol. The van der Waals surface area contributed by atoms with Gasteiger partial charge in [-0.25, -0.2) is 9.07 Å². The van der Waals surface area contributed by atoms with Crippen LogP contribution in [0.4, 0.5) is 10.1 Å². The van der Waals surface area contributed by atoms with Gasteiger partial charge in [0, 0.05) is 24.3 Å². The number of halogens is 1. The molecule has 2 heterocycles. The molecule has 9 heteroatoms. The number of tetrazole rings is 1. The third-order valence-electron chi connectivity index (χ3n) is 2.79. The van der Waals surface area contributed by atoms with Crippen LogP contribution in [-0.4, -0.2) is 30.4 Å². The lowest BCUT2D eigenvalue weighted by atomic mass is 10.2. The number of aromatic amines is 1. The van der Waals surface area contributed by atoms with Crippen molar-refractivity contribution in [3.63, 3.8) is 0 Å². The van der Waals surface area contributed by atoms with E-state index in [0.29, 0.717) is 11.4 Å². The quantitative estimate of drug-likeness (QED) is 0.706. The molecule has 3 aromatic rings. The van der Waals surface area contributed by atoms with Crippen molar-refractivity contribution in [2.24, 2.45) is 0 Å². The van der Waals surface area contributed by atoms with Crippen molar-refractivity contribution in [1.29, 1.82) is 5.26 Å². The molecule has 0 bridgehead atoms. The molecule has 0 atom stereocenters. The number of anilines is 1. The van der Waals surface area contributed by atoms with Gasteiger partial charge in [0.25, 0.3) is 0 Å². The van der Waals surface area contributed by atoms with Crippen LogP contribution in [-0.2, 0) is 0 Å². The molecular weight excluding hydrogens is 287 g/mol. The lowest BCUT2D eigenvalue weighted by molar-refractivity contribution is 0.611. The summed E-state index contributed by atoms with van der Waals surface area (Å²) in [5, 5.41) is 28.9. The van der Waals surface area contributed by atoms with Gasteiger partial charge in [0.05, 0.1) is 0 Å². The molecule has 0 saturated heterocycles. The highest BCUT2D eigenvalue weighted by molar-refractivity contribution is 5.74. The number of benzene rings is 1. The number of nitrogens with one attached hydrogen (secondary N) is 2. The van der Waals surface area contributed by atoms with Gasteiger partial charge < -0.3 is 5.32 Å². The second-order valence-corrected chi connectivity index (χ2v) is 4.17. The van der Waals surface area contributed by atoms with Gasteiger partial charge in [-0.3, -0.25) is 0 Å². The zero-order valence-corrected chi connectivity index (χ0v) is 11.1. The van der Waals surface area contributed by atoms with Crippen LogP contribution < -0.4 is 5.32 Å². The Bertz CT molecular complexity index is 830. The van der Waals surface area contributed by atoms with Crippen molar-refractivity contribution in [3.8, 4) is 11.8 Å². The van der Waals surface area contributed by atoms with E-state index in [9.17, 15) is 4.39 Å². The maximum absolute atomic E-state index is 14.1. The molecule has 0 spiro atoms. The van der Waals surface area contributed by atoms with E-state index >= 15 is 0 Å². The van der Waals surface area contributed by atoms with Crippen LogP contribution in [0.3, 0.4) is 0 Å². The first-order valence-electron chi connectivity index (χ1n) is 6.18. The molecular formula is C13H9FN8. The minimum atomic E-state index is -0.444. The summed E-state index contributed by atoms with van der Waals surface area (Å²) >= 11 is 0. The maximum Gasteiger partial charge on any atom is 0.216 e. The van der Waals surface area contributed by atoms with Gasteiger partial charge in [-0.15, -0.1) is 10.2 Å². The van der Waals surface area contributed by atoms with Gasteiger partial charge in [-0.1, -0.05) is 0 Å². The maximum atomic E-state index is 14.1. The standard InChI is InChI=1S/C13H9FN8/c14-11-6-10(2-3-12(11)22-5-1-4-17-22)16-8-9(7-15)13-18-20-21-19-13/h1-6,8,16H,(H,18,19,20,21). The Morgan fingerprint density at radius 1 is 1.45 bits per heavy atom. The number of hydrogen-bond acceptors (Lipinski definition) is 6. The van der Waals surface area contributed by atoms with Gasteiger partial charge in [0.2, 0.25) is 5.82 Å². The number of H-pyrrole nitrogens is 1. The van der Waals surface area contributed by atoms with E-state index in [1.165, 1.54) is 16.9 Å². The van der Waals surface area contributed by atoms with Crippen molar-refractivity contribution in [3.05, 3.63) is 54.5 Å². The van der Waals surface area contributed by atoms with Crippen LogP contribution in [0.15, 0.2) is 42.9 Å². The molecule has 0 amide bonds. The molecule has 0 aliphatic heterocycles. The Morgan fingerprint density at radius 3 is 3.00 bits per heavy atom. The molecule has 1 aromatic carbocycles. The van der Waals surface area contributed by atoms with Crippen molar-refractivity contribution >= 4 is 11.3 Å². The predicted octanol–water partition coefficient (Wildman–Crippen LogP) is 1.50. The van der Waals surface area contributed by atoms with Crippen LogP contribution in [0.2, 0.25) is 0 Å². The fraction of sp³-hybridized carbons (Fsp3) is 0. The molecule has 0 radical (unpaired) electrons. The number of nitrogens with zero attached hydrogens (tertiary/aromatic N) is 6. The fourth-order valence-corrected chi connectivity index (χ4v) is 1.77. The Labute approximate surface area is 123 Å². The first-order valence-corrected chi connectivity index (χ1v) is 6.18. The van der Waals surface area contributed by atoms with E-state index in [1.807, 2.05) is 6.07 Å². The SMILES string of the molecule is N#CC(=CNc1ccc(-n2cccn2)c(F)c1)c1nn[nH]n1. The van der Waals surface area contributed by atoms with Gasteiger partial charge >= 0.3 is 0 Å². The summed E-state index contributed by atoms with van der Waals surface area (Å²) in [5.74, 6) is -0.288. The summed E-state index contributed by atoms with van der Waals surface area (Å²) in [6.45, 7) is 0. The Hall–Kier alpha value is -3.54. The Kier molecular flexibility index (Phi) is 3.57. The van der Waals surface area contributed by atoms with Crippen LogP contribution >= 0.6 is 0 Å². The van der Waals surface area contributed by atoms with Gasteiger partial charge in [-0.05, 0) is 29.5 Å². The highest BCUT2D eigenvalue weighted by Gasteiger charge is 2.07. The molecule has 0 fully saturated rings. The zero-order chi connectivity index (χ0) is 15.4. The van der Waals surface area contributed by atoms with E-state index in [0.717, 1.165) is 0 Å².